The molecule has 2 aliphatic heterocycles. The van der Waals surface area contributed by atoms with Crippen molar-refractivity contribution in [2.45, 2.75) is 18.1 Å². The molecule has 3 aromatic rings. The molecule has 0 spiro atoms. The maximum Gasteiger partial charge on any atom is 0.257 e. The molecule has 1 unspecified atom stereocenters. The second-order valence-electron chi connectivity index (χ2n) is 9.71. The van der Waals surface area contributed by atoms with Crippen LogP contribution in [0.5, 0.6) is 0 Å². The van der Waals surface area contributed by atoms with Gasteiger partial charge in [-0.1, -0.05) is 47.6 Å². The van der Waals surface area contributed by atoms with Crippen molar-refractivity contribution in [2.75, 3.05) is 61.4 Å². The lowest BCUT2D eigenvalue weighted by molar-refractivity contribution is -0.128. The van der Waals surface area contributed by atoms with E-state index in [0.29, 0.717) is 62.5 Å². The van der Waals surface area contributed by atoms with Gasteiger partial charge in [-0.3, -0.25) is 9.59 Å². The Balaban J connectivity index is 1.16. The fourth-order valence-electron chi connectivity index (χ4n) is 4.99. The number of hydrogen-bond acceptors (Lipinski definition) is 7. The summed E-state index contributed by atoms with van der Waals surface area (Å²) in [7, 11) is 0. The van der Waals surface area contributed by atoms with Crippen molar-refractivity contribution >= 4 is 46.7 Å². The van der Waals surface area contributed by atoms with E-state index in [1.165, 1.54) is 30.0 Å². The molecule has 40 heavy (non-hydrogen) atoms. The molecule has 0 N–H and O–H groups in total. The number of para-hydroxylation sites is 1. The van der Waals surface area contributed by atoms with E-state index < -0.39 is 5.82 Å². The first kappa shape index (κ1) is 28.1. The van der Waals surface area contributed by atoms with Crippen molar-refractivity contribution in [1.29, 1.82) is 0 Å². The second-order valence-corrected chi connectivity index (χ2v) is 11.0. The van der Waals surface area contributed by atoms with Gasteiger partial charge < -0.3 is 19.6 Å². The normalized spacial score (nSPS) is 17.8. The molecule has 0 radical (unpaired) electrons. The summed E-state index contributed by atoms with van der Waals surface area (Å²) in [6.07, 6.45) is 0. The van der Waals surface area contributed by atoms with Gasteiger partial charge in [0.15, 0.2) is 5.16 Å². The number of carbonyl (C=O) groups is 2. The minimum absolute atomic E-state index is 0.0443. The molecule has 8 nitrogen and oxygen atoms in total. The molecular formula is C28H29ClF2N6O2S. The van der Waals surface area contributed by atoms with E-state index in [-0.39, 0.29) is 40.1 Å². The quantitative estimate of drug-likeness (QED) is 0.244. The van der Waals surface area contributed by atoms with Gasteiger partial charge in [-0.15, -0.1) is 0 Å². The van der Waals surface area contributed by atoms with Gasteiger partial charge in [0.2, 0.25) is 5.91 Å². The molecule has 2 amide bonds. The largest absolute Gasteiger partial charge is 0.366 e. The van der Waals surface area contributed by atoms with E-state index in [0.717, 1.165) is 0 Å². The van der Waals surface area contributed by atoms with Gasteiger partial charge in [0.1, 0.15) is 22.6 Å². The molecule has 210 valence electrons. The van der Waals surface area contributed by atoms with Crippen LogP contribution in [0, 0.1) is 11.6 Å². The summed E-state index contributed by atoms with van der Waals surface area (Å²) < 4.78 is 28.3. The number of piperazine rings is 2. The van der Waals surface area contributed by atoms with Gasteiger partial charge in [0.05, 0.1) is 17.0 Å². The number of amides is 2. The number of hydrogen-bond donors (Lipinski definition) is 0. The number of thioether (sulfide) groups is 1. The maximum atomic E-state index is 14.2. The Morgan fingerprint density at radius 1 is 0.925 bits per heavy atom. The van der Waals surface area contributed by atoms with Gasteiger partial charge in [0, 0.05) is 57.9 Å². The van der Waals surface area contributed by atoms with Crippen molar-refractivity contribution in [3.8, 4) is 0 Å². The van der Waals surface area contributed by atoms with Crippen LogP contribution in [0.1, 0.15) is 17.3 Å². The van der Waals surface area contributed by atoms with E-state index in [9.17, 15) is 18.4 Å². The van der Waals surface area contributed by atoms with Crippen molar-refractivity contribution in [3.05, 3.63) is 76.9 Å². The zero-order chi connectivity index (χ0) is 28.2. The van der Waals surface area contributed by atoms with Crippen LogP contribution in [0.2, 0.25) is 5.15 Å². The monoisotopic (exact) mass is 586 g/mol. The molecular weight excluding hydrogens is 558 g/mol. The molecule has 2 fully saturated rings. The summed E-state index contributed by atoms with van der Waals surface area (Å²) in [5.41, 5.74) is 0.612. The van der Waals surface area contributed by atoms with Gasteiger partial charge in [-0.25, -0.2) is 18.7 Å². The third kappa shape index (κ3) is 6.31. The highest BCUT2D eigenvalue weighted by atomic mass is 35.5. The van der Waals surface area contributed by atoms with Crippen LogP contribution in [-0.4, -0.2) is 89.2 Å². The van der Waals surface area contributed by atoms with Crippen LogP contribution in [0.3, 0.4) is 0 Å². The van der Waals surface area contributed by atoms with Crippen molar-refractivity contribution < 1.29 is 18.4 Å². The van der Waals surface area contributed by atoms with Gasteiger partial charge >= 0.3 is 0 Å². The van der Waals surface area contributed by atoms with Gasteiger partial charge in [0.25, 0.3) is 5.91 Å². The zero-order valence-corrected chi connectivity index (χ0v) is 23.5. The number of nitrogens with zero attached hydrogens (tertiary/aromatic N) is 6. The number of anilines is 2. The predicted molar refractivity (Wildman–Crippen MR) is 152 cm³/mol. The number of benzene rings is 2. The molecule has 1 aromatic heterocycles. The van der Waals surface area contributed by atoms with Gasteiger partial charge in [-0.2, -0.15) is 0 Å². The topological polar surface area (TPSA) is 72.9 Å². The first-order chi connectivity index (χ1) is 19.3. The summed E-state index contributed by atoms with van der Waals surface area (Å²) in [5.74, 6) is -0.418. The van der Waals surface area contributed by atoms with Crippen LogP contribution in [0.25, 0.3) is 0 Å². The third-order valence-electron chi connectivity index (χ3n) is 7.13. The molecule has 1 atom stereocenters. The first-order valence-corrected chi connectivity index (χ1v) is 14.4. The van der Waals surface area contributed by atoms with Crippen LogP contribution in [0.4, 0.5) is 20.3 Å². The molecule has 0 aliphatic carbocycles. The highest BCUT2D eigenvalue weighted by Gasteiger charge is 2.30. The Hall–Kier alpha value is -3.44. The summed E-state index contributed by atoms with van der Waals surface area (Å²) in [6.45, 7) is 5.41. The summed E-state index contributed by atoms with van der Waals surface area (Å²) >= 11 is 7.52. The molecule has 12 heteroatoms. The van der Waals surface area contributed by atoms with E-state index in [4.69, 9.17) is 11.6 Å². The van der Waals surface area contributed by atoms with Crippen LogP contribution in [0.15, 0.2) is 59.8 Å². The van der Waals surface area contributed by atoms with E-state index in [1.807, 2.05) is 16.7 Å². The number of aromatic nitrogens is 2. The third-order valence-corrected chi connectivity index (χ3v) is 8.15. The lowest BCUT2D eigenvalue weighted by Crippen LogP contribution is -2.54. The van der Waals surface area contributed by atoms with Crippen LogP contribution < -0.4 is 9.80 Å². The van der Waals surface area contributed by atoms with E-state index >= 15 is 0 Å². The van der Waals surface area contributed by atoms with E-state index in [2.05, 4.69) is 9.97 Å². The minimum atomic E-state index is -0.534. The lowest BCUT2D eigenvalue weighted by atomic mass is 10.1. The number of carbonyl (C=O) groups excluding carboxylic acids is 2. The fraction of sp³-hybridized carbons (Fsp3) is 0.357. The molecule has 5 rings (SSSR count). The molecule has 0 bridgehead atoms. The Bertz CT molecular complexity index is 1390. The predicted octanol–water partition coefficient (Wildman–Crippen LogP) is 4.20. The van der Waals surface area contributed by atoms with Crippen molar-refractivity contribution in [3.63, 3.8) is 0 Å². The smallest absolute Gasteiger partial charge is 0.257 e. The van der Waals surface area contributed by atoms with Crippen molar-refractivity contribution in [2.24, 2.45) is 0 Å². The average molecular weight is 587 g/mol. The Morgan fingerprint density at radius 2 is 1.60 bits per heavy atom. The highest BCUT2D eigenvalue weighted by molar-refractivity contribution is 7.99. The van der Waals surface area contributed by atoms with Gasteiger partial charge in [-0.05, 0) is 31.2 Å². The standard InChI is InChI=1S/C28H29ClF2N6O2S/c1-19-17-36(14-15-37(19)27(39)20-6-2-3-7-21(20)30)25-16-24(29)32-28(33-25)40-18-26(38)35-12-10-34(11-13-35)23-9-5-4-8-22(23)31/h2-9,16,19H,10-15,17-18H2,1H3. The second kappa shape index (κ2) is 12.4. The Labute approximate surface area is 240 Å². The molecule has 0 saturated carbocycles. The summed E-state index contributed by atoms with van der Waals surface area (Å²) in [4.78, 5) is 42.1. The fourth-order valence-corrected chi connectivity index (χ4v) is 5.98. The molecule has 3 heterocycles. The summed E-state index contributed by atoms with van der Waals surface area (Å²) in [6, 6.07) is 14.1. The molecule has 2 aliphatic rings. The van der Waals surface area contributed by atoms with E-state index in [1.54, 1.807) is 46.2 Å². The molecule has 2 saturated heterocycles. The molecule has 2 aromatic carbocycles. The minimum Gasteiger partial charge on any atom is -0.366 e. The summed E-state index contributed by atoms with van der Waals surface area (Å²) in [5, 5.41) is 0.648. The lowest BCUT2D eigenvalue weighted by Gasteiger charge is -2.40. The zero-order valence-electron chi connectivity index (χ0n) is 22.0. The number of halogens is 3. The Morgan fingerprint density at radius 3 is 2.30 bits per heavy atom. The highest BCUT2D eigenvalue weighted by Crippen LogP contribution is 2.26. The van der Waals surface area contributed by atoms with Crippen LogP contribution in [-0.2, 0) is 4.79 Å². The van der Waals surface area contributed by atoms with Crippen molar-refractivity contribution in [1.82, 2.24) is 19.8 Å². The Kier molecular flexibility index (Phi) is 8.70. The SMILES string of the molecule is CC1CN(c2cc(Cl)nc(SCC(=O)N3CCN(c4ccccc4F)CC3)n2)CCN1C(=O)c1ccccc1F. The van der Waals surface area contributed by atoms with Crippen LogP contribution >= 0.6 is 23.4 Å². The average Bonchev–Trinajstić information content (AvgIpc) is 2.96. The first-order valence-electron chi connectivity index (χ1n) is 13.0. The number of rotatable bonds is 6. The maximum absolute atomic E-state index is 14.2.